The number of amides is 2. The highest BCUT2D eigenvalue weighted by Crippen LogP contribution is 2.21. The maximum atomic E-state index is 12.6. The Hall–Kier alpha value is -3.33. The molecular weight excluding hydrogens is 408 g/mol. The number of nitrogens with one attached hydrogen (secondary N) is 2. The third-order valence-corrected chi connectivity index (χ3v) is 4.73. The summed E-state index contributed by atoms with van der Waals surface area (Å²) >= 11 is 6.01. The van der Waals surface area contributed by atoms with Crippen LogP contribution in [0.4, 0.5) is 5.69 Å². The van der Waals surface area contributed by atoms with Crippen molar-refractivity contribution in [2.24, 2.45) is 7.05 Å². The monoisotopic (exact) mass is 430 g/mol. The van der Waals surface area contributed by atoms with Gasteiger partial charge in [0.2, 0.25) is 0 Å². The lowest BCUT2D eigenvalue weighted by Crippen LogP contribution is -2.27. The van der Waals surface area contributed by atoms with Gasteiger partial charge in [-0.1, -0.05) is 18.5 Å². The van der Waals surface area contributed by atoms with Crippen LogP contribution in [-0.2, 0) is 13.8 Å². The Labute approximate surface area is 179 Å². The third-order valence-electron chi connectivity index (χ3n) is 4.30. The molecule has 0 saturated heterocycles. The van der Waals surface area contributed by atoms with Crippen molar-refractivity contribution in [1.29, 1.82) is 0 Å². The average molecular weight is 431 g/mol. The lowest BCUT2D eigenvalue weighted by molar-refractivity contribution is 0.0945. The lowest BCUT2D eigenvalue weighted by Gasteiger charge is -2.08. The molecule has 0 aliphatic heterocycles. The highest BCUT2D eigenvalue weighted by Gasteiger charge is 2.20. The topological polar surface area (TPSA) is 103 Å². The molecule has 3 rings (SSSR count). The van der Waals surface area contributed by atoms with Gasteiger partial charge < -0.3 is 15.4 Å². The molecule has 0 aliphatic carbocycles. The predicted octanol–water partition coefficient (Wildman–Crippen LogP) is 3.01. The largest absolute Gasteiger partial charge is 0.471 e. The number of carbonyl (C=O) groups excluding carboxylic acids is 2. The molecule has 0 fully saturated rings. The van der Waals surface area contributed by atoms with Gasteiger partial charge in [-0.2, -0.15) is 10.2 Å². The Morgan fingerprint density at radius 3 is 2.77 bits per heavy atom. The van der Waals surface area contributed by atoms with Gasteiger partial charge in [-0.05, 0) is 43.2 Å². The molecule has 30 heavy (non-hydrogen) atoms. The van der Waals surface area contributed by atoms with E-state index in [4.69, 9.17) is 16.3 Å². The van der Waals surface area contributed by atoms with Gasteiger partial charge in [0.1, 0.15) is 11.4 Å². The van der Waals surface area contributed by atoms with Crippen LogP contribution >= 0.6 is 11.6 Å². The smallest absolute Gasteiger partial charge is 0.276 e. The van der Waals surface area contributed by atoms with E-state index in [1.54, 1.807) is 31.4 Å². The number of halogens is 1. The molecule has 0 radical (unpaired) electrons. The van der Waals surface area contributed by atoms with Crippen LogP contribution < -0.4 is 15.4 Å². The maximum absolute atomic E-state index is 12.6. The van der Waals surface area contributed by atoms with E-state index >= 15 is 0 Å². The quantitative estimate of drug-likeness (QED) is 0.571. The van der Waals surface area contributed by atoms with E-state index < -0.39 is 5.91 Å². The van der Waals surface area contributed by atoms with E-state index in [0.29, 0.717) is 23.0 Å². The first kappa shape index (κ1) is 21.4. The SMILES string of the molecule is CCCNC(=O)c1c(NC(=O)c2ccn(COc3ccc(Cl)c(C)c3)n2)cnn1C. The summed E-state index contributed by atoms with van der Waals surface area (Å²) in [5.74, 6) is -0.102. The molecule has 0 saturated carbocycles. The van der Waals surface area contributed by atoms with Gasteiger partial charge in [0.15, 0.2) is 12.4 Å². The molecule has 2 aromatic heterocycles. The Bertz CT molecular complexity index is 1060. The summed E-state index contributed by atoms with van der Waals surface area (Å²) in [6, 6.07) is 6.92. The fourth-order valence-electron chi connectivity index (χ4n) is 2.71. The van der Waals surface area contributed by atoms with E-state index in [0.717, 1.165) is 12.0 Å². The second-order valence-corrected chi connectivity index (χ2v) is 7.07. The number of anilines is 1. The van der Waals surface area contributed by atoms with E-state index in [1.165, 1.54) is 15.6 Å². The Morgan fingerprint density at radius 2 is 2.03 bits per heavy atom. The zero-order valence-electron chi connectivity index (χ0n) is 17.0. The summed E-state index contributed by atoms with van der Waals surface area (Å²) in [4.78, 5) is 24.9. The van der Waals surface area contributed by atoms with E-state index in [9.17, 15) is 9.59 Å². The Morgan fingerprint density at radius 1 is 1.23 bits per heavy atom. The number of hydrogen-bond acceptors (Lipinski definition) is 5. The number of carbonyl (C=O) groups is 2. The fourth-order valence-corrected chi connectivity index (χ4v) is 2.83. The first-order valence-electron chi connectivity index (χ1n) is 9.43. The van der Waals surface area contributed by atoms with E-state index in [1.807, 2.05) is 19.9 Å². The van der Waals surface area contributed by atoms with Crippen LogP contribution in [0.3, 0.4) is 0 Å². The molecule has 0 bridgehead atoms. The summed E-state index contributed by atoms with van der Waals surface area (Å²) in [6.07, 6.45) is 3.87. The molecule has 9 nitrogen and oxygen atoms in total. The summed E-state index contributed by atoms with van der Waals surface area (Å²) in [6.45, 7) is 4.52. The molecule has 0 unspecified atom stereocenters. The number of benzene rings is 1. The maximum Gasteiger partial charge on any atom is 0.276 e. The molecular formula is C20H23ClN6O3. The minimum Gasteiger partial charge on any atom is -0.471 e. The number of rotatable bonds is 8. The molecule has 0 atom stereocenters. The molecule has 10 heteroatoms. The van der Waals surface area contributed by atoms with Crippen LogP contribution in [0, 0.1) is 6.92 Å². The number of hydrogen-bond donors (Lipinski definition) is 2. The van der Waals surface area contributed by atoms with Crippen molar-refractivity contribution in [3.63, 3.8) is 0 Å². The van der Waals surface area contributed by atoms with Gasteiger partial charge in [0.05, 0.1) is 11.9 Å². The van der Waals surface area contributed by atoms with Crippen molar-refractivity contribution in [3.8, 4) is 5.75 Å². The second kappa shape index (κ2) is 9.45. The van der Waals surface area contributed by atoms with Crippen molar-refractivity contribution in [2.45, 2.75) is 27.0 Å². The molecule has 0 aliphatic rings. The Balaban J connectivity index is 1.64. The summed E-state index contributed by atoms with van der Waals surface area (Å²) in [5, 5.41) is 14.4. The zero-order chi connectivity index (χ0) is 21.7. The highest BCUT2D eigenvalue weighted by molar-refractivity contribution is 6.31. The van der Waals surface area contributed by atoms with Crippen molar-refractivity contribution >= 4 is 29.1 Å². The minimum absolute atomic E-state index is 0.131. The van der Waals surface area contributed by atoms with Crippen molar-refractivity contribution in [2.75, 3.05) is 11.9 Å². The van der Waals surface area contributed by atoms with Crippen LogP contribution in [0.5, 0.6) is 5.75 Å². The van der Waals surface area contributed by atoms with Crippen molar-refractivity contribution in [3.05, 3.63) is 58.6 Å². The van der Waals surface area contributed by atoms with Crippen LogP contribution in [0.2, 0.25) is 5.02 Å². The van der Waals surface area contributed by atoms with Crippen molar-refractivity contribution in [1.82, 2.24) is 24.9 Å². The first-order chi connectivity index (χ1) is 14.4. The number of aryl methyl sites for hydroxylation is 2. The van der Waals surface area contributed by atoms with Crippen LogP contribution in [0.15, 0.2) is 36.7 Å². The van der Waals surface area contributed by atoms with Crippen LogP contribution in [0.1, 0.15) is 39.9 Å². The van der Waals surface area contributed by atoms with Gasteiger partial charge in [0, 0.05) is 24.8 Å². The normalized spacial score (nSPS) is 10.7. The Kier molecular flexibility index (Phi) is 6.73. The standard InChI is InChI=1S/C20H23ClN6O3/c1-4-8-22-20(29)18-17(11-23-26(18)3)24-19(28)16-7-9-27(25-16)12-30-14-5-6-15(21)13(2)10-14/h5-7,9-11H,4,8,12H2,1-3H3,(H,22,29)(H,24,28). The van der Waals surface area contributed by atoms with Gasteiger partial charge in [0.25, 0.3) is 11.8 Å². The molecule has 3 aromatic rings. The van der Waals surface area contributed by atoms with Gasteiger partial charge in [-0.3, -0.25) is 14.3 Å². The van der Waals surface area contributed by atoms with Gasteiger partial charge in [-0.25, -0.2) is 4.68 Å². The summed E-state index contributed by atoms with van der Waals surface area (Å²) in [5.41, 5.74) is 1.69. The predicted molar refractivity (Wildman–Crippen MR) is 113 cm³/mol. The average Bonchev–Trinajstić information content (AvgIpc) is 3.34. The summed E-state index contributed by atoms with van der Waals surface area (Å²) in [7, 11) is 1.64. The molecule has 0 spiro atoms. The number of nitrogens with zero attached hydrogens (tertiary/aromatic N) is 4. The highest BCUT2D eigenvalue weighted by atomic mass is 35.5. The first-order valence-corrected chi connectivity index (χ1v) is 9.80. The molecule has 2 heterocycles. The fraction of sp³-hybridized carbons (Fsp3) is 0.300. The zero-order valence-corrected chi connectivity index (χ0v) is 17.7. The molecule has 2 N–H and O–H groups in total. The molecule has 1 aromatic carbocycles. The number of ether oxygens (including phenoxy) is 1. The molecule has 2 amide bonds. The lowest BCUT2D eigenvalue weighted by atomic mass is 10.2. The van der Waals surface area contributed by atoms with E-state index in [2.05, 4.69) is 20.8 Å². The van der Waals surface area contributed by atoms with Crippen molar-refractivity contribution < 1.29 is 14.3 Å². The van der Waals surface area contributed by atoms with Gasteiger partial charge in [-0.15, -0.1) is 0 Å². The van der Waals surface area contributed by atoms with Crippen LogP contribution in [-0.4, -0.2) is 37.9 Å². The third kappa shape index (κ3) is 4.98. The number of aromatic nitrogens is 4. The van der Waals surface area contributed by atoms with Gasteiger partial charge >= 0.3 is 0 Å². The second-order valence-electron chi connectivity index (χ2n) is 6.67. The van der Waals surface area contributed by atoms with Crippen LogP contribution in [0.25, 0.3) is 0 Å². The molecule has 158 valence electrons. The van der Waals surface area contributed by atoms with E-state index in [-0.39, 0.29) is 24.0 Å². The minimum atomic E-state index is -0.450. The summed E-state index contributed by atoms with van der Waals surface area (Å²) < 4.78 is 8.59.